The highest BCUT2D eigenvalue weighted by atomic mass is 32.2. The van der Waals surface area contributed by atoms with Crippen LogP contribution in [0, 0.1) is 5.41 Å². The lowest BCUT2D eigenvalue weighted by Crippen LogP contribution is -2.32. The Bertz CT molecular complexity index is 604. The van der Waals surface area contributed by atoms with Crippen molar-refractivity contribution < 1.29 is 13.2 Å². The van der Waals surface area contributed by atoms with Crippen LogP contribution in [0.5, 0.6) is 0 Å². The summed E-state index contributed by atoms with van der Waals surface area (Å²) in [6.07, 6.45) is 0.906. The fraction of sp³-hybridized carbons (Fsp3) is 0.562. The maximum atomic E-state index is 11.8. The number of rotatable bonds is 7. The Labute approximate surface area is 133 Å². The molecule has 0 atom stereocenters. The Kier molecular flexibility index (Phi) is 6.41. The van der Waals surface area contributed by atoms with Gasteiger partial charge in [-0.25, -0.2) is 8.42 Å². The topological polar surface area (TPSA) is 75.3 Å². The molecule has 5 nitrogen and oxygen atoms in total. The number of hydrogen-bond acceptors (Lipinski definition) is 4. The molecule has 0 aliphatic rings. The second kappa shape index (κ2) is 7.63. The van der Waals surface area contributed by atoms with Crippen LogP contribution in [-0.2, 0) is 14.6 Å². The molecule has 0 aliphatic carbocycles. The van der Waals surface area contributed by atoms with Crippen molar-refractivity contribution in [3.05, 3.63) is 24.3 Å². The number of carbonyl (C=O) groups excluding carboxylic acids is 1. The zero-order chi connectivity index (χ0) is 16.8. The van der Waals surface area contributed by atoms with Crippen molar-refractivity contribution in [2.45, 2.75) is 39.0 Å². The molecule has 1 rings (SSSR count). The van der Waals surface area contributed by atoms with E-state index in [1.54, 1.807) is 31.2 Å². The minimum atomic E-state index is -3.23. The summed E-state index contributed by atoms with van der Waals surface area (Å²) in [5.74, 6) is -0.0444. The van der Waals surface area contributed by atoms with Crippen LogP contribution in [0.2, 0.25) is 0 Å². The summed E-state index contributed by atoms with van der Waals surface area (Å²) in [5.41, 5.74) is 0.810. The van der Waals surface area contributed by atoms with Crippen molar-refractivity contribution >= 4 is 21.4 Å². The predicted octanol–water partition coefficient (Wildman–Crippen LogP) is 2.44. The van der Waals surface area contributed by atoms with Crippen molar-refractivity contribution in [3.63, 3.8) is 0 Å². The molecule has 0 aliphatic heterocycles. The molecule has 0 heterocycles. The molecule has 22 heavy (non-hydrogen) atoms. The van der Waals surface area contributed by atoms with E-state index in [-0.39, 0.29) is 28.5 Å². The molecule has 0 fully saturated rings. The number of amides is 1. The lowest BCUT2D eigenvalue weighted by molar-refractivity contribution is -0.119. The maximum absolute atomic E-state index is 11.8. The lowest BCUT2D eigenvalue weighted by atomic mass is 9.92. The molecule has 1 aromatic carbocycles. The standard InChI is InChI=1S/C16H26N2O3S/c1-5-22(20,21)14-8-6-7-13(11-14)18-12-15(19)17-10-9-16(2,3)4/h6-8,11,18H,5,9-10,12H2,1-4H3,(H,17,19). The second-order valence-electron chi connectivity index (χ2n) is 6.45. The average Bonchev–Trinajstić information content (AvgIpc) is 2.44. The Balaban J connectivity index is 2.52. The highest BCUT2D eigenvalue weighted by Gasteiger charge is 2.12. The van der Waals surface area contributed by atoms with Crippen molar-refractivity contribution in [1.29, 1.82) is 0 Å². The number of benzene rings is 1. The Morgan fingerprint density at radius 2 is 1.91 bits per heavy atom. The smallest absolute Gasteiger partial charge is 0.239 e. The van der Waals surface area contributed by atoms with Crippen LogP contribution in [-0.4, -0.2) is 33.2 Å². The highest BCUT2D eigenvalue weighted by molar-refractivity contribution is 7.91. The summed E-state index contributed by atoms with van der Waals surface area (Å²) in [4.78, 5) is 12.0. The first kappa shape index (κ1) is 18.5. The van der Waals surface area contributed by atoms with E-state index in [1.807, 2.05) is 0 Å². The van der Waals surface area contributed by atoms with Crippen LogP contribution in [0.25, 0.3) is 0 Å². The van der Waals surface area contributed by atoms with Gasteiger partial charge in [-0.3, -0.25) is 4.79 Å². The first-order valence-electron chi connectivity index (χ1n) is 7.47. The molecule has 0 unspecified atom stereocenters. The molecule has 0 aromatic heterocycles. The number of sulfone groups is 1. The Hall–Kier alpha value is -1.56. The molecule has 0 bridgehead atoms. The van der Waals surface area contributed by atoms with Crippen molar-refractivity contribution in [3.8, 4) is 0 Å². The van der Waals surface area contributed by atoms with E-state index in [0.717, 1.165) is 6.42 Å². The van der Waals surface area contributed by atoms with Gasteiger partial charge in [0, 0.05) is 12.2 Å². The third-order valence-electron chi connectivity index (χ3n) is 3.22. The summed E-state index contributed by atoms with van der Waals surface area (Å²) < 4.78 is 23.6. The number of carbonyl (C=O) groups is 1. The quantitative estimate of drug-likeness (QED) is 0.807. The lowest BCUT2D eigenvalue weighted by Gasteiger charge is -2.18. The predicted molar refractivity (Wildman–Crippen MR) is 89.7 cm³/mol. The number of hydrogen-bond donors (Lipinski definition) is 2. The van der Waals surface area contributed by atoms with Gasteiger partial charge in [0.2, 0.25) is 5.91 Å². The van der Waals surface area contributed by atoms with Crippen LogP contribution in [0.4, 0.5) is 5.69 Å². The number of anilines is 1. The summed E-state index contributed by atoms with van der Waals surface area (Å²) in [7, 11) is -3.23. The zero-order valence-corrected chi connectivity index (χ0v) is 14.6. The van der Waals surface area contributed by atoms with Gasteiger partial charge in [-0.1, -0.05) is 33.8 Å². The fourth-order valence-corrected chi connectivity index (χ4v) is 2.71. The van der Waals surface area contributed by atoms with E-state index in [9.17, 15) is 13.2 Å². The van der Waals surface area contributed by atoms with Gasteiger partial charge in [-0.15, -0.1) is 0 Å². The van der Waals surface area contributed by atoms with E-state index in [1.165, 1.54) is 0 Å². The van der Waals surface area contributed by atoms with Gasteiger partial charge in [-0.2, -0.15) is 0 Å². The van der Waals surface area contributed by atoms with Crippen LogP contribution >= 0.6 is 0 Å². The third kappa shape index (κ3) is 6.47. The summed E-state index contributed by atoms with van der Waals surface area (Å²) >= 11 is 0. The van der Waals surface area contributed by atoms with E-state index >= 15 is 0 Å². The first-order valence-corrected chi connectivity index (χ1v) is 9.13. The minimum absolute atomic E-state index is 0.0593. The zero-order valence-electron chi connectivity index (χ0n) is 13.8. The van der Waals surface area contributed by atoms with Gasteiger partial charge >= 0.3 is 0 Å². The molecule has 6 heteroatoms. The molecule has 2 N–H and O–H groups in total. The Morgan fingerprint density at radius 1 is 1.23 bits per heavy atom. The van der Waals surface area contributed by atoms with E-state index in [2.05, 4.69) is 31.4 Å². The van der Waals surface area contributed by atoms with Crippen LogP contribution in [0.3, 0.4) is 0 Å². The molecule has 0 saturated heterocycles. The monoisotopic (exact) mass is 326 g/mol. The highest BCUT2D eigenvalue weighted by Crippen LogP contribution is 2.17. The van der Waals surface area contributed by atoms with Crippen molar-refractivity contribution in [2.24, 2.45) is 5.41 Å². The van der Waals surface area contributed by atoms with E-state index in [4.69, 9.17) is 0 Å². The van der Waals surface area contributed by atoms with Crippen LogP contribution in [0.15, 0.2) is 29.2 Å². The van der Waals surface area contributed by atoms with Crippen molar-refractivity contribution in [1.82, 2.24) is 5.32 Å². The van der Waals surface area contributed by atoms with Gasteiger partial charge in [0.25, 0.3) is 0 Å². The van der Waals surface area contributed by atoms with E-state index < -0.39 is 9.84 Å². The summed E-state index contributed by atoms with van der Waals surface area (Å²) in [5, 5.41) is 5.80. The SMILES string of the molecule is CCS(=O)(=O)c1cccc(NCC(=O)NCCC(C)(C)C)c1. The Morgan fingerprint density at radius 3 is 2.50 bits per heavy atom. The van der Waals surface area contributed by atoms with Crippen molar-refractivity contribution in [2.75, 3.05) is 24.2 Å². The fourth-order valence-electron chi connectivity index (χ4n) is 1.79. The van der Waals surface area contributed by atoms with Gasteiger partial charge in [-0.05, 0) is 30.0 Å². The molecule has 0 radical (unpaired) electrons. The van der Waals surface area contributed by atoms with Gasteiger partial charge in [0.15, 0.2) is 9.84 Å². The largest absolute Gasteiger partial charge is 0.376 e. The molecule has 0 saturated carbocycles. The summed E-state index contributed by atoms with van der Waals surface area (Å²) in [6.45, 7) is 8.73. The molecular formula is C16H26N2O3S. The molecule has 1 aromatic rings. The maximum Gasteiger partial charge on any atom is 0.239 e. The first-order chi connectivity index (χ1) is 10.1. The number of nitrogens with one attached hydrogen (secondary N) is 2. The van der Waals surface area contributed by atoms with Crippen LogP contribution in [0.1, 0.15) is 34.1 Å². The second-order valence-corrected chi connectivity index (χ2v) is 8.72. The normalized spacial score (nSPS) is 12.0. The van der Waals surface area contributed by atoms with Gasteiger partial charge < -0.3 is 10.6 Å². The summed E-state index contributed by atoms with van der Waals surface area (Å²) in [6, 6.07) is 6.54. The van der Waals surface area contributed by atoms with Crippen LogP contribution < -0.4 is 10.6 Å². The third-order valence-corrected chi connectivity index (χ3v) is 4.96. The molecule has 124 valence electrons. The van der Waals surface area contributed by atoms with E-state index in [0.29, 0.717) is 12.2 Å². The molecule has 0 spiro atoms. The van der Waals surface area contributed by atoms with Gasteiger partial charge in [0.05, 0.1) is 17.2 Å². The van der Waals surface area contributed by atoms with Gasteiger partial charge in [0.1, 0.15) is 0 Å². The molecular weight excluding hydrogens is 300 g/mol. The minimum Gasteiger partial charge on any atom is -0.376 e. The molecule has 1 amide bonds. The average molecular weight is 326 g/mol.